The van der Waals surface area contributed by atoms with E-state index in [0.717, 1.165) is 12.8 Å². The largest absolute Gasteiger partial charge is 0.481 e. The van der Waals surface area contributed by atoms with Gasteiger partial charge in [0.1, 0.15) is 0 Å². The molecule has 0 heterocycles. The Morgan fingerprint density at radius 2 is 2.05 bits per heavy atom. The first kappa shape index (κ1) is 15.3. The fraction of sp³-hybridized carbons (Fsp3) is 0.769. The van der Waals surface area contributed by atoms with E-state index in [2.05, 4.69) is 5.32 Å². The Labute approximate surface area is 113 Å². The molecule has 0 unspecified atom stereocenters. The molecule has 0 saturated heterocycles. The van der Waals surface area contributed by atoms with E-state index in [9.17, 15) is 9.59 Å². The zero-order valence-electron chi connectivity index (χ0n) is 11.3. The van der Waals surface area contributed by atoms with Crippen molar-refractivity contribution in [1.82, 2.24) is 10.2 Å². The van der Waals surface area contributed by atoms with Gasteiger partial charge in [-0.15, -0.1) is 0 Å². The molecular weight excluding hydrogens is 246 g/mol. The molecule has 0 atom stereocenters. The highest BCUT2D eigenvalue weighted by atomic mass is 16.4. The molecule has 6 heteroatoms. The number of urea groups is 1. The minimum atomic E-state index is -0.887. The van der Waals surface area contributed by atoms with Crippen molar-refractivity contribution >= 4 is 12.0 Å². The summed E-state index contributed by atoms with van der Waals surface area (Å²) in [5, 5.41) is 20.4. The molecule has 19 heavy (non-hydrogen) atoms. The maximum absolute atomic E-state index is 12.1. The topological polar surface area (TPSA) is 93.4 Å². The van der Waals surface area contributed by atoms with Crippen LogP contribution in [0.4, 0.5) is 4.79 Å². The zero-order chi connectivity index (χ0) is 14.3. The van der Waals surface area contributed by atoms with Crippen LogP contribution in [0, 0.1) is 11.3 Å². The van der Waals surface area contributed by atoms with Gasteiger partial charge < -0.3 is 15.3 Å². The van der Waals surface area contributed by atoms with E-state index < -0.39 is 11.5 Å². The Morgan fingerprint density at radius 3 is 2.53 bits per heavy atom. The lowest BCUT2D eigenvalue weighted by Crippen LogP contribution is -2.53. The number of nitriles is 1. The van der Waals surface area contributed by atoms with Crippen molar-refractivity contribution in [2.24, 2.45) is 0 Å². The Kier molecular flexibility index (Phi) is 5.61. The van der Waals surface area contributed by atoms with Crippen molar-refractivity contribution in [2.45, 2.75) is 51.0 Å². The number of carboxylic acids is 1. The van der Waals surface area contributed by atoms with Crippen molar-refractivity contribution in [3.05, 3.63) is 0 Å². The molecule has 0 aliphatic heterocycles. The van der Waals surface area contributed by atoms with Gasteiger partial charge in [0.15, 0.2) is 0 Å². The third-order valence-corrected chi connectivity index (χ3v) is 3.58. The highest BCUT2D eigenvalue weighted by molar-refractivity contribution is 5.77. The molecule has 0 spiro atoms. The lowest BCUT2D eigenvalue weighted by atomic mass is 9.93. The molecule has 0 aromatic rings. The van der Waals surface area contributed by atoms with Crippen LogP contribution in [-0.4, -0.2) is 40.6 Å². The predicted molar refractivity (Wildman–Crippen MR) is 69.5 cm³/mol. The Hall–Kier alpha value is -1.77. The second kappa shape index (κ2) is 6.98. The number of nitrogens with zero attached hydrogens (tertiary/aromatic N) is 2. The van der Waals surface area contributed by atoms with Gasteiger partial charge >= 0.3 is 12.0 Å². The van der Waals surface area contributed by atoms with Gasteiger partial charge in [-0.3, -0.25) is 4.79 Å². The number of carboxylic acid groups (broad SMARTS) is 1. The predicted octanol–water partition coefficient (Wildman–Crippen LogP) is 1.72. The van der Waals surface area contributed by atoms with Crippen LogP contribution in [0.15, 0.2) is 0 Å². The van der Waals surface area contributed by atoms with Gasteiger partial charge in [-0.2, -0.15) is 5.26 Å². The molecule has 0 radical (unpaired) electrons. The number of aliphatic carboxylic acids is 1. The normalized spacial score (nSPS) is 16.6. The summed E-state index contributed by atoms with van der Waals surface area (Å²) in [4.78, 5) is 24.6. The van der Waals surface area contributed by atoms with Gasteiger partial charge in [0, 0.05) is 13.1 Å². The van der Waals surface area contributed by atoms with Crippen molar-refractivity contribution in [3.63, 3.8) is 0 Å². The number of nitrogens with one attached hydrogen (secondary N) is 1. The summed E-state index contributed by atoms with van der Waals surface area (Å²) in [6.07, 6.45) is 3.55. The Bertz CT molecular complexity index is 370. The van der Waals surface area contributed by atoms with Crippen LogP contribution in [0.1, 0.15) is 45.4 Å². The highest BCUT2D eigenvalue weighted by Gasteiger charge is 2.38. The number of carbonyl (C=O) groups is 2. The monoisotopic (exact) mass is 267 g/mol. The number of hydrogen-bond donors (Lipinski definition) is 2. The van der Waals surface area contributed by atoms with Gasteiger partial charge in [-0.25, -0.2) is 4.79 Å². The third kappa shape index (κ3) is 4.43. The lowest BCUT2D eigenvalue weighted by Gasteiger charge is -2.32. The van der Waals surface area contributed by atoms with E-state index in [1.165, 1.54) is 0 Å². The van der Waals surface area contributed by atoms with Crippen LogP contribution < -0.4 is 5.32 Å². The van der Waals surface area contributed by atoms with Gasteiger partial charge in [-0.1, -0.05) is 12.8 Å². The summed E-state index contributed by atoms with van der Waals surface area (Å²) >= 11 is 0. The van der Waals surface area contributed by atoms with E-state index in [-0.39, 0.29) is 18.9 Å². The molecule has 0 aromatic heterocycles. The highest BCUT2D eigenvalue weighted by Crippen LogP contribution is 2.32. The summed E-state index contributed by atoms with van der Waals surface area (Å²) in [6.45, 7) is 2.73. The van der Waals surface area contributed by atoms with Gasteiger partial charge in [-0.05, 0) is 19.8 Å². The number of hydrogen-bond acceptors (Lipinski definition) is 3. The Balaban J connectivity index is 2.65. The molecule has 0 aromatic carbocycles. The second-order valence-electron chi connectivity index (χ2n) is 4.98. The fourth-order valence-corrected chi connectivity index (χ4v) is 2.58. The van der Waals surface area contributed by atoms with Crippen LogP contribution in [0.3, 0.4) is 0 Å². The molecule has 6 nitrogen and oxygen atoms in total. The minimum Gasteiger partial charge on any atom is -0.481 e. The summed E-state index contributed by atoms with van der Waals surface area (Å²) in [6, 6.07) is 1.74. The average Bonchev–Trinajstić information content (AvgIpc) is 2.77. The smallest absolute Gasteiger partial charge is 0.317 e. The molecule has 1 fully saturated rings. The van der Waals surface area contributed by atoms with Crippen LogP contribution in [-0.2, 0) is 4.79 Å². The summed E-state index contributed by atoms with van der Waals surface area (Å²) < 4.78 is 0. The van der Waals surface area contributed by atoms with Crippen molar-refractivity contribution in [1.29, 1.82) is 5.26 Å². The molecule has 2 N–H and O–H groups in total. The number of carbonyl (C=O) groups excluding carboxylic acids is 1. The lowest BCUT2D eigenvalue weighted by molar-refractivity contribution is -0.138. The molecule has 106 valence electrons. The molecule has 0 bridgehead atoms. The maximum atomic E-state index is 12.1. The van der Waals surface area contributed by atoms with E-state index in [0.29, 0.717) is 25.9 Å². The first-order valence-corrected chi connectivity index (χ1v) is 6.69. The quantitative estimate of drug-likeness (QED) is 0.766. The SMILES string of the molecule is CCN(CCC#N)C(=O)NC1(CC(=O)O)CCCC1. The minimum absolute atomic E-state index is 0.0332. The molecule has 1 aliphatic carbocycles. The van der Waals surface area contributed by atoms with Gasteiger partial charge in [0.05, 0.1) is 24.4 Å². The molecule has 1 aliphatic rings. The summed E-state index contributed by atoms with van der Waals surface area (Å²) in [5.74, 6) is -0.887. The number of amides is 2. The first-order chi connectivity index (χ1) is 9.03. The van der Waals surface area contributed by atoms with E-state index >= 15 is 0 Å². The maximum Gasteiger partial charge on any atom is 0.317 e. The molecular formula is C13H21N3O3. The molecule has 1 rings (SSSR count). The van der Waals surface area contributed by atoms with Crippen LogP contribution >= 0.6 is 0 Å². The Morgan fingerprint density at radius 1 is 1.42 bits per heavy atom. The van der Waals surface area contributed by atoms with Gasteiger partial charge in [0.25, 0.3) is 0 Å². The zero-order valence-corrected chi connectivity index (χ0v) is 11.3. The van der Waals surface area contributed by atoms with E-state index in [4.69, 9.17) is 10.4 Å². The molecule has 1 saturated carbocycles. The van der Waals surface area contributed by atoms with Crippen LogP contribution in [0.25, 0.3) is 0 Å². The van der Waals surface area contributed by atoms with E-state index in [1.54, 1.807) is 4.90 Å². The summed E-state index contributed by atoms with van der Waals surface area (Å²) in [5.41, 5.74) is -0.608. The second-order valence-corrected chi connectivity index (χ2v) is 4.98. The first-order valence-electron chi connectivity index (χ1n) is 6.69. The standard InChI is InChI=1S/C13H21N3O3/c1-2-16(9-5-8-14)12(19)15-13(10-11(17)18)6-3-4-7-13/h2-7,9-10H2,1H3,(H,15,19)(H,17,18). The molecule has 2 amide bonds. The van der Waals surface area contributed by atoms with E-state index in [1.807, 2.05) is 13.0 Å². The fourth-order valence-electron chi connectivity index (χ4n) is 2.58. The average molecular weight is 267 g/mol. The summed E-state index contributed by atoms with van der Waals surface area (Å²) in [7, 11) is 0. The van der Waals surface area contributed by atoms with Gasteiger partial charge in [0.2, 0.25) is 0 Å². The number of rotatable bonds is 6. The third-order valence-electron chi connectivity index (χ3n) is 3.58. The van der Waals surface area contributed by atoms with Crippen LogP contribution in [0.5, 0.6) is 0 Å². The van der Waals surface area contributed by atoms with Crippen molar-refractivity contribution in [3.8, 4) is 6.07 Å². The van der Waals surface area contributed by atoms with Crippen molar-refractivity contribution < 1.29 is 14.7 Å². The van der Waals surface area contributed by atoms with Crippen molar-refractivity contribution in [2.75, 3.05) is 13.1 Å². The van der Waals surface area contributed by atoms with Crippen LogP contribution in [0.2, 0.25) is 0 Å².